The first-order chi connectivity index (χ1) is 13.6. The summed E-state index contributed by atoms with van der Waals surface area (Å²) in [6.07, 6.45) is 0. The van der Waals surface area contributed by atoms with E-state index in [1.807, 2.05) is 42.5 Å². The molecule has 28 heavy (non-hydrogen) atoms. The third-order valence-corrected chi connectivity index (χ3v) is 4.52. The Morgan fingerprint density at radius 2 is 1.68 bits per heavy atom. The average Bonchev–Trinajstić information content (AvgIpc) is 3.19. The molecule has 0 saturated heterocycles. The quantitative estimate of drug-likeness (QED) is 0.526. The normalized spacial score (nSPS) is 11.1. The summed E-state index contributed by atoms with van der Waals surface area (Å²) in [5.74, 6) is 1.29. The van der Waals surface area contributed by atoms with Crippen LogP contribution in [-0.2, 0) is 6.54 Å². The molecule has 0 atom stereocenters. The maximum atomic E-state index is 12.2. The predicted molar refractivity (Wildman–Crippen MR) is 107 cm³/mol. The van der Waals surface area contributed by atoms with E-state index in [2.05, 4.69) is 41.2 Å². The maximum Gasteiger partial charge on any atom is 0.267 e. The maximum absolute atomic E-state index is 12.2. The average molecular weight is 372 g/mol. The fraction of sp³-hybridized carbons (Fsp3) is 0.182. The number of hydrogen-bond acceptors (Lipinski definition) is 5. The molecular formula is C22H20N4O2. The van der Waals surface area contributed by atoms with E-state index in [9.17, 15) is 4.79 Å². The van der Waals surface area contributed by atoms with Crippen molar-refractivity contribution < 1.29 is 4.52 Å². The van der Waals surface area contributed by atoms with E-state index >= 15 is 0 Å². The minimum absolute atomic E-state index is 0.122. The molecule has 0 aliphatic heterocycles. The Balaban J connectivity index is 1.60. The van der Waals surface area contributed by atoms with E-state index in [0.717, 1.165) is 16.8 Å². The zero-order chi connectivity index (χ0) is 19.5. The van der Waals surface area contributed by atoms with Gasteiger partial charge in [-0.25, -0.2) is 4.68 Å². The van der Waals surface area contributed by atoms with Gasteiger partial charge >= 0.3 is 0 Å². The van der Waals surface area contributed by atoms with Gasteiger partial charge in [-0.15, -0.1) is 0 Å². The highest BCUT2D eigenvalue weighted by Gasteiger charge is 2.11. The van der Waals surface area contributed by atoms with Crippen molar-refractivity contribution in [1.82, 2.24) is 19.9 Å². The van der Waals surface area contributed by atoms with Gasteiger partial charge in [0.05, 0.1) is 5.69 Å². The number of aromatic nitrogens is 4. The Morgan fingerprint density at radius 1 is 0.929 bits per heavy atom. The van der Waals surface area contributed by atoms with Gasteiger partial charge in [0.1, 0.15) is 6.54 Å². The molecule has 4 rings (SSSR count). The Kier molecular flexibility index (Phi) is 4.85. The van der Waals surface area contributed by atoms with Gasteiger partial charge in [-0.1, -0.05) is 73.6 Å². The van der Waals surface area contributed by atoms with Crippen molar-refractivity contribution in [3.05, 3.63) is 88.5 Å². The second-order valence-electron chi connectivity index (χ2n) is 6.87. The Bertz CT molecular complexity index is 1130. The van der Waals surface area contributed by atoms with Crippen LogP contribution >= 0.6 is 0 Å². The number of hydrogen-bond donors (Lipinski definition) is 0. The highest BCUT2D eigenvalue weighted by molar-refractivity contribution is 5.58. The summed E-state index contributed by atoms with van der Waals surface area (Å²) in [7, 11) is 0. The molecule has 6 heteroatoms. The molecule has 0 radical (unpaired) electrons. The summed E-state index contributed by atoms with van der Waals surface area (Å²) in [6, 6.07) is 21.0. The minimum atomic E-state index is -0.220. The lowest BCUT2D eigenvalue weighted by Gasteiger charge is -2.08. The highest BCUT2D eigenvalue weighted by Crippen LogP contribution is 2.20. The molecule has 0 fully saturated rings. The van der Waals surface area contributed by atoms with Crippen molar-refractivity contribution in [2.75, 3.05) is 0 Å². The van der Waals surface area contributed by atoms with Crippen LogP contribution in [0.1, 0.15) is 31.2 Å². The summed E-state index contributed by atoms with van der Waals surface area (Å²) in [5.41, 5.74) is 3.57. The first kappa shape index (κ1) is 17.9. The molecule has 0 unspecified atom stereocenters. The van der Waals surface area contributed by atoms with Crippen molar-refractivity contribution in [3.63, 3.8) is 0 Å². The van der Waals surface area contributed by atoms with Crippen LogP contribution in [0.3, 0.4) is 0 Å². The van der Waals surface area contributed by atoms with E-state index in [4.69, 9.17) is 4.52 Å². The van der Waals surface area contributed by atoms with Crippen LogP contribution in [0.5, 0.6) is 0 Å². The minimum Gasteiger partial charge on any atom is -0.337 e. The van der Waals surface area contributed by atoms with E-state index in [1.165, 1.54) is 16.3 Å². The summed E-state index contributed by atoms with van der Waals surface area (Å²) in [4.78, 5) is 16.6. The molecule has 0 aliphatic carbocycles. The van der Waals surface area contributed by atoms with Gasteiger partial charge in [0.15, 0.2) is 0 Å². The summed E-state index contributed by atoms with van der Waals surface area (Å²) in [6.45, 7) is 4.43. The van der Waals surface area contributed by atoms with Gasteiger partial charge in [-0.05, 0) is 17.5 Å². The van der Waals surface area contributed by atoms with Gasteiger partial charge in [-0.2, -0.15) is 10.1 Å². The Labute approximate surface area is 162 Å². The van der Waals surface area contributed by atoms with Gasteiger partial charge in [0, 0.05) is 17.2 Å². The molecule has 0 N–H and O–H groups in total. The number of nitrogens with zero attached hydrogens (tertiary/aromatic N) is 4. The van der Waals surface area contributed by atoms with E-state index in [0.29, 0.717) is 17.6 Å². The molecule has 0 saturated carbocycles. The lowest BCUT2D eigenvalue weighted by atomic mass is 10.0. The smallest absolute Gasteiger partial charge is 0.267 e. The van der Waals surface area contributed by atoms with Crippen LogP contribution in [0, 0.1) is 0 Å². The molecule has 0 bridgehead atoms. The largest absolute Gasteiger partial charge is 0.337 e. The van der Waals surface area contributed by atoms with Gasteiger partial charge < -0.3 is 4.52 Å². The molecule has 140 valence electrons. The van der Waals surface area contributed by atoms with Crippen molar-refractivity contribution in [2.24, 2.45) is 0 Å². The van der Waals surface area contributed by atoms with Crippen molar-refractivity contribution >= 4 is 0 Å². The summed E-state index contributed by atoms with van der Waals surface area (Å²) < 4.78 is 6.65. The topological polar surface area (TPSA) is 73.8 Å². The number of benzene rings is 2. The molecule has 4 aromatic rings. The molecule has 0 spiro atoms. The lowest BCUT2D eigenvalue weighted by Crippen LogP contribution is -2.23. The van der Waals surface area contributed by atoms with Crippen LogP contribution in [0.2, 0.25) is 0 Å². The Hall–Kier alpha value is -3.54. The van der Waals surface area contributed by atoms with Crippen molar-refractivity contribution in [1.29, 1.82) is 0 Å². The highest BCUT2D eigenvalue weighted by atomic mass is 16.5. The van der Waals surface area contributed by atoms with Crippen LogP contribution < -0.4 is 5.56 Å². The van der Waals surface area contributed by atoms with Gasteiger partial charge in [0.2, 0.25) is 11.7 Å². The SMILES string of the molecule is CC(C)c1ccc(-c2ccc(=O)n(Cc3nc(-c4ccccc4)no3)n2)cc1. The lowest BCUT2D eigenvalue weighted by molar-refractivity contribution is 0.363. The van der Waals surface area contributed by atoms with Gasteiger partial charge in [-0.3, -0.25) is 4.79 Å². The second kappa shape index (κ2) is 7.60. The summed E-state index contributed by atoms with van der Waals surface area (Å²) in [5, 5.41) is 8.46. The van der Waals surface area contributed by atoms with Crippen LogP contribution in [-0.4, -0.2) is 19.9 Å². The van der Waals surface area contributed by atoms with E-state index < -0.39 is 0 Å². The third kappa shape index (κ3) is 3.76. The molecule has 2 aromatic carbocycles. The molecule has 6 nitrogen and oxygen atoms in total. The molecule has 0 aliphatic rings. The van der Waals surface area contributed by atoms with Crippen LogP contribution in [0.25, 0.3) is 22.6 Å². The molecular weight excluding hydrogens is 352 g/mol. The fourth-order valence-electron chi connectivity index (χ4n) is 2.91. The predicted octanol–water partition coefficient (Wildman–Crippen LogP) is 4.13. The first-order valence-corrected chi connectivity index (χ1v) is 9.16. The van der Waals surface area contributed by atoms with Crippen LogP contribution in [0.15, 0.2) is 76.0 Å². The fourth-order valence-corrected chi connectivity index (χ4v) is 2.91. The standard InChI is InChI=1S/C22H20N4O2/c1-15(2)16-8-10-17(11-9-16)19-12-13-21(27)26(24-19)14-20-23-22(25-28-20)18-6-4-3-5-7-18/h3-13,15H,14H2,1-2H3. The molecule has 0 amide bonds. The number of rotatable bonds is 5. The molecule has 2 aromatic heterocycles. The zero-order valence-electron chi connectivity index (χ0n) is 15.7. The van der Waals surface area contributed by atoms with Crippen LogP contribution in [0.4, 0.5) is 0 Å². The first-order valence-electron chi connectivity index (χ1n) is 9.16. The Morgan fingerprint density at radius 3 is 2.39 bits per heavy atom. The summed E-state index contributed by atoms with van der Waals surface area (Å²) >= 11 is 0. The zero-order valence-corrected chi connectivity index (χ0v) is 15.7. The van der Waals surface area contributed by atoms with Crippen molar-refractivity contribution in [2.45, 2.75) is 26.3 Å². The van der Waals surface area contributed by atoms with Gasteiger partial charge in [0.25, 0.3) is 5.56 Å². The second-order valence-corrected chi connectivity index (χ2v) is 6.87. The van der Waals surface area contributed by atoms with E-state index in [-0.39, 0.29) is 12.1 Å². The monoisotopic (exact) mass is 372 g/mol. The third-order valence-electron chi connectivity index (χ3n) is 4.52. The molecule has 2 heterocycles. The van der Waals surface area contributed by atoms with Crippen molar-refractivity contribution in [3.8, 4) is 22.6 Å². The van der Waals surface area contributed by atoms with E-state index in [1.54, 1.807) is 6.07 Å².